The Balaban J connectivity index is 1.37. The predicted molar refractivity (Wildman–Crippen MR) is 192 cm³/mol. The van der Waals surface area contributed by atoms with Crippen molar-refractivity contribution in [3.63, 3.8) is 0 Å². The molecule has 1 aliphatic rings. The summed E-state index contributed by atoms with van der Waals surface area (Å²) in [6, 6.07) is 21.7. The van der Waals surface area contributed by atoms with Crippen LogP contribution in [0.2, 0.25) is 0 Å². The molecule has 7 rings (SSSR count). The van der Waals surface area contributed by atoms with Gasteiger partial charge in [0.1, 0.15) is 12.4 Å². The molecule has 0 unspecified atom stereocenters. The van der Waals surface area contributed by atoms with Gasteiger partial charge in [0, 0.05) is 62.0 Å². The van der Waals surface area contributed by atoms with Gasteiger partial charge in [-0.3, -0.25) is 9.59 Å². The smallest absolute Gasteiger partial charge is 0.336 e. The molecule has 0 saturated heterocycles. The van der Waals surface area contributed by atoms with Gasteiger partial charge in [-0.05, 0) is 88.7 Å². The molecular weight excluding hydrogens is 655 g/mol. The largest absolute Gasteiger partial charge is 0.488 e. The van der Waals surface area contributed by atoms with E-state index in [4.69, 9.17) is 4.74 Å². The van der Waals surface area contributed by atoms with E-state index in [1.165, 1.54) is 23.5 Å². The predicted octanol–water partition coefficient (Wildman–Crippen LogP) is 8.16. The fourth-order valence-electron chi connectivity index (χ4n) is 6.17. The third-order valence-electron chi connectivity index (χ3n) is 8.59. The van der Waals surface area contributed by atoms with Crippen LogP contribution in [0.3, 0.4) is 0 Å². The van der Waals surface area contributed by atoms with Crippen molar-refractivity contribution in [3.8, 4) is 38.4 Å². The lowest BCUT2D eigenvalue weighted by Crippen LogP contribution is -2.27. The highest BCUT2D eigenvalue weighted by Crippen LogP contribution is 2.45. The number of carboxylic acids is 2. The van der Waals surface area contributed by atoms with E-state index in [0.29, 0.717) is 46.8 Å². The number of ether oxygens (including phenoxy) is 1. The van der Waals surface area contributed by atoms with Gasteiger partial charge in [-0.2, -0.15) is 0 Å². The van der Waals surface area contributed by atoms with Crippen LogP contribution in [0.15, 0.2) is 90.4 Å². The SMILES string of the molecule is CC(C)CNC(=O)c1ccc(-c2cc3c(cc2C(=O)Nc2ccc4[nH]ccc4c2-c2cccc(C(=O)O)c2)-c2sccc2CO3)c(C(=O)O)c1. The molecule has 0 bridgehead atoms. The second kappa shape index (κ2) is 13.0. The first kappa shape index (κ1) is 32.4. The normalized spacial score (nSPS) is 11.8. The molecule has 1 aliphatic heterocycles. The molecule has 0 aliphatic carbocycles. The summed E-state index contributed by atoms with van der Waals surface area (Å²) < 4.78 is 6.10. The zero-order valence-corrected chi connectivity index (χ0v) is 27.8. The Morgan fingerprint density at radius 3 is 2.46 bits per heavy atom. The van der Waals surface area contributed by atoms with Gasteiger partial charge in [0.05, 0.1) is 11.1 Å². The number of amides is 2. The van der Waals surface area contributed by atoms with Crippen LogP contribution < -0.4 is 15.4 Å². The highest BCUT2D eigenvalue weighted by atomic mass is 32.1. The summed E-state index contributed by atoms with van der Waals surface area (Å²) in [6.07, 6.45) is 1.77. The molecule has 250 valence electrons. The van der Waals surface area contributed by atoms with Crippen molar-refractivity contribution in [3.05, 3.63) is 118 Å². The van der Waals surface area contributed by atoms with Gasteiger partial charge in [0.15, 0.2) is 0 Å². The third kappa shape index (κ3) is 5.99. The topological polar surface area (TPSA) is 158 Å². The number of aromatic amines is 1. The number of thiophene rings is 1. The second-order valence-corrected chi connectivity index (χ2v) is 13.3. The number of carboxylic acid groups (broad SMARTS) is 2. The molecule has 2 amide bonds. The van der Waals surface area contributed by atoms with Crippen molar-refractivity contribution >= 4 is 51.7 Å². The van der Waals surface area contributed by atoms with Crippen molar-refractivity contribution in [2.45, 2.75) is 20.5 Å². The van der Waals surface area contributed by atoms with Crippen LogP contribution in [0.4, 0.5) is 5.69 Å². The molecule has 0 atom stereocenters. The maximum absolute atomic E-state index is 14.5. The Bertz CT molecular complexity index is 2350. The lowest BCUT2D eigenvalue weighted by Gasteiger charge is -2.22. The minimum absolute atomic E-state index is 0.0959. The zero-order valence-electron chi connectivity index (χ0n) is 27.0. The number of H-pyrrole nitrogens is 1. The quantitative estimate of drug-likeness (QED) is 0.103. The van der Waals surface area contributed by atoms with Crippen molar-refractivity contribution < 1.29 is 34.1 Å². The molecule has 0 fully saturated rings. The highest BCUT2D eigenvalue weighted by molar-refractivity contribution is 7.13. The number of hydrogen-bond acceptors (Lipinski definition) is 6. The number of aromatic carboxylic acids is 2. The summed E-state index contributed by atoms with van der Waals surface area (Å²) in [5.41, 5.74) is 4.97. The molecule has 4 aromatic carbocycles. The van der Waals surface area contributed by atoms with Crippen molar-refractivity contribution in [1.29, 1.82) is 0 Å². The number of anilines is 1. The third-order valence-corrected chi connectivity index (χ3v) is 9.58. The summed E-state index contributed by atoms with van der Waals surface area (Å²) in [7, 11) is 0. The van der Waals surface area contributed by atoms with E-state index in [1.54, 1.807) is 54.7 Å². The van der Waals surface area contributed by atoms with Gasteiger partial charge in [0.25, 0.3) is 11.8 Å². The first-order valence-corrected chi connectivity index (χ1v) is 16.8. The number of aromatic nitrogens is 1. The number of rotatable bonds is 9. The molecule has 2 aromatic heterocycles. The van der Waals surface area contributed by atoms with E-state index in [0.717, 1.165) is 21.3 Å². The summed E-state index contributed by atoms with van der Waals surface area (Å²) in [5, 5.41) is 28.6. The van der Waals surface area contributed by atoms with Crippen LogP contribution >= 0.6 is 11.3 Å². The van der Waals surface area contributed by atoms with Crippen LogP contribution in [-0.2, 0) is 6.61 Å². The minimum atomic E-state index is -1.26. The number of fused-ring (bicyclic) bond motifs is 4. The monoisotopic (exact) mass is 685 g/mol. The molecule has 3 heterocycles. The summed E-state index contributed by atoms with van der Waals surface area (Å²) in [6.45, 7) is 4.68. The first-order valence-electron chi connectivity index (χ1n) is 15.9. The Labute approximate surface area is 290 Å². The van der Waals surface area contributed by atoms with Gasteiger partial charge in [-0.15, -0.1) is 11.3 Å². The standard InChI is InChI=1S/C39H31N3O7S/c1-20(2)18-41-36(43)22-6-7-25(29(15-22)39(47)48)27-17-33-30(35-24(19-49-33)11-13-50-35)16-28(27)37(44)42-32-9-8-31-26(10-12-40-31)34(32)21-4-3-5-23(14-21)38(45)46/h3-17,20,40H,18-19H2,1-2H3,(H,41,43)(H,42,44)(H,45,46)(H,47,48). The van der Waals surface area contributed by atoms with E-state index < -0.39 is 23.8 Å². The minimum Gasteiger partial charge on any atom is -0.488 e. The van der Waals surface area contributed by atoms with E-state index in [2.05, 4.69) is 15.6 Å². The van der Waals surface area contributed by atoms with Crippen LogP contribution in [0, 0.1) is 5.92 Å². The van der Waals surface area contributed by atoms with Crippen LogP contribution in [0.1, 0.15) is 60.8 Å². The number of hydrogen-bond donors (Lipinski definition) is 5. The average Bonchev–Trinajstić information content (AvgIpc) is 3.80. The Morgan fingerprint density at radius 1 is 0.840 bits per heavy atom. The van der Waals surface area contributed by atoms with E-state index in [1.807, 2.05) is 37.4 Å². The summed E-state index contributed by atoms with van der Waals surface area (Å²) >= 11 is 1.52. The fraction of sp³-hybridized carbons (Fsp3) is 0.128. The Kier molecular flexibility index (Phi) is 8.42. The average molecular weight is 686 g/mol. The Morgan fingerprint density at radius 2 is 1.68 bits per heavy atom. The summed E-state index contributed by atoms with van der Waals surface area (Å²) in [4.78, 5) is 56.1. The van der Waals surface area contributed by atoms with Crippen molar-refractivity contribution in [2.24, 2.45) is 5.92 Å². The fourth-order valence-corrected chi connectivity index (χ4v) is 7.10. The number of carbonyl (C=O) groups is 4. The molecule has 5 N–H and O–H groups in total. The zero-order chi connectivity index (χ0) is 35.1. The molecule has 0 saturated carbocycles. The van der Waals surface area contributed by atoms with Gasteiger partial charge in [-0.25, -0.2) is 9.59 Å². The van der Waals surface area contributed by atoms with Crippen LogP contribution in [-0.4, -0.2) is 45.5 Å². The maximum Gasteiger partial charge on any atom is 0.336 e. The molecule has 0 spiro atoms. The molecule has 6 aromatic rings. The van der Waals surface area contributed by atoms with Gasteiger partial charge in [0.2, 0.25) is 0 Å². The van der Waals surface area contributed by atoms with Crippen LogP contribution in [0.5, 0.6) is 5.75 Å². The van der Waals surface area contributed by atoms with Gasteiger partial charge in [-0.1, -0.05) is 32.0 Å². The molecule has 50 heavy (non-hydrogen) atoms. The number of benzene rings is 4. The lowest BCUT2D eigenvalue weighted by molar-refractivity contribution is 0.0686. The molecule has 10 nitrogen and oxygen atoms in total. The van der Waals surface area contributed by atoms with Crippen molar-refractivity contribution in [2.75, 3.05) is 11.9 Å². The molecule has 0 radical (unpaired) electrons. The summed E-state index contributed by atoms with van der Waals surface area (Å²) in [5.74, 6) is -2.55. The van der Waals surface area contributed by atoms with Crippen LogP contribution in [0.25, 0.3) is 43.6 Å². The Hall–Kier alpha value is -6.20. The molecule has 11 heteroatoms. The highest BCUT2D eigenvalue weighted by Gasteiger charge is 2.27. The van der Waals surface area contributed by atoms with Gasteiger partial charge < -0.3 is 30.6 Å². The first-order chi connectivity index (χ1) is 24.1. The van der Waals surface area contributed by atoms with Gasteiger partial charge >= 0.3 is 11.9 Å². The molecular formula is C39H31N3O7S. The number of nitrogens with one attached hydrogen (secondary N) is 3. The maximum atomic E-state index is 14.5. The lowest BCUT2D eigenvalue weighted by atomic mass is 9.90. The van der Waals surface area contributed by atoms with Crippen molar-refractivity contribution in [1.82, 2.24) is 10.3 Å². The van der Waals surface area contributed by atoms with E-state index in [-0.39, 0.29) is 33.7 Å². The van der Waals surface area contributed by atoms with E-state index in [9.17, 15) is 29.4 Å². The second-order valence-electron chi connectivity index (χ2n) is 12.4. The van der Waals surface area contributed by atoms with E-state index >= 15 is 0 Å². The number of carbonyl (C=O) groups excluding carboxylic acids is 2.